The van der Waals surface area contributed by atoms with Crippen molar-refractivity contribution < 1.29 is 5.11 Å². The number of aliphatic hydroxyl groups excluding tert-OH is 1. The van der Waals surface area contributed by atoms with Gasteiger partial charge in [-0.15, -0.1) is 0 Å². The van der Waals surface area contributed by atoms with Crippen molar-refractivity contribution in [3.63, 3.8) is 0 Å². The normalized spacial score (nSPS) is 23.4. The molecule has 3 rings (SSSR count). The summed E-state index contributed by atoms with van der Waals surface area (Å²) in [6, 6.07) is 0.778. The molecule has 1 aliphatic heterocycles. The summed E-state index contributed by atoms with van der Waals surface area (Å²) in [7, 11) is 0. The number of aromatic nitrogens is 2. The summed E-state index contributed by atoms with van der Waals surface area (Å²) in [6.45, 7) is 3.15. The average molecular weight is 248 g/mol. The molecule has 18 heavy (non-hydrogen) atoms. The van der Waals surface area contributed by atoms with Gasteiger partial charge in [0.2, 0.25) is 5.95 Å². The zero-order valence-corrected chi connectivity index (χ0v) is 10.8. The van der Waals surface area contributed by atoms with E-state index in [4.69, 9.17) is 0 Å². The Morgan fingerprint density at radius 3 is 3.00 bits per heavy atom. The molecule has 0 bridgehead atoms. The molecule has 1 saturated heterocycles. The zero-order chi connectivity index (χ0) is 12.5. The largest absolute Gasteiger partial charge is 0.394 e. The lowest BCUT2D eigenvalue weighted by Gasteiger charge is -2.23. The van der Waals surface area contributed by atoms with Crippen LogP contribution in [0.1, 0.15) is 31.2 Å². The third-order valence-electron chi connectivity index (χ3n) is 3.72. The predicted molar refractivity (Wildman–Crippen MR) is 70.9 cm³/mol. The molecule has 1 aromatic heterocycles. The summed E-state index contributed by atoms with van der Waals surface area (Å²) in [5, 5.41) is 12.8. The maximum Gasteiger partial charge on any atom is 0.227 e. The molecule has 5 nitrogen and oxygen atoms in total. The van der Waals surface area contributed by atoms with Crippen molar-refractivity contribution in [2.75, 3.05) is 23.4 Å². The van der Waals surface area contributed by atoms with Crippen LogP contribution >= 0.6 is 0 Å². The first-order valence-corrected chi connectivity index (χ1v) is 6.75. The molecule has 2 heterocycles. The Hall–Kier alpha value is -1.36. The lowest BCUT2D eigenvalue weighted by atomic mass is 10.2. The number of aliphatic hydroxyl groups is 1. The lowest BCUT2D eigenvalue weighted by Crippen LogP contribution is -2.33. The minimum atomic E-state index is 0.182. The molecule has 2 aliphatic rings. The van der Waals surface area contributed by atoms with Crippen LogP contribution in [0, 0.1) is 6.92 Å². The van der Waals surface area contributed by atoms with Crippen LogP contribution in [0.25, 0.3) is 0 Å². The minimum Gasteiger partial charge on any atom is -0.394 e. The second-order valence-electron chi connectivity index (χ2n) is 5.29. The number of aryl methyl sites for hydroxylation is 1. The van der Waals surface area contributed by atoms with Crippen LogP contribution in [0.2, 0.25) is 0 Å². The molecule has 1 saturated carbocycles. The third kappa shape index (κ3) is 2.27. The summed E-state index contributed by atoms with van der Waals surface area (Å²) in [5.74, 6) is 1.70. The molecule has 1 aromatic rings. The highest BCUT2D eigenvalue weighted by atomic mass is 16.3. The summed E-state index contributed by atoms with van der Waals surface area (Å²) in [5.41, 5.74) is 1.09. The lowest BCUT2D eigenvalue weighted by molar-refractivity contribution is 0.265. The van der Waals surface area contributed by atoms with Crippen molar-refractivity contribution in [1.29, 1.82) is 0 Å². The molecule has 1 unspecified atom stereocenters. The number of anilines is 2. The Balaban J connectivity index is 1.82. The van der Waals surface area contributed by atoms with Crippen molar-refractivity contribution in [3.05, 3.63) is 11.8 Å². The first-order chi connectivity index (χ1) is 8.78. The van der Waals surface area contributed by atoms with Gasteiger partial charge in [-0.1, -0.05) is 0 Å². The predicted octanol–water partition coefficient (Wildman–Crippen LogP) is 1.32. The van der Waals surface area contributed by atoms with Gasteiger partial charge < -0.3 is 15.3 Å². The highest BCUT2D eigenvalue weighted by molar-refractivity contribution is 5.49. The van der Waals surface area contributed by atoms with Crippen LogP contribution in [0.5, 0.6) is 0 Å². The fraction of sp³-hybridized carbons (Fsp3) is 0.692. The van der Waals surface area contributed by atoms with Gasteiger partial charge in [-0.3, -0.25) is 0 Å². The van der Waals surface area contributed by atoms with Crippen molar-refractivity contribution >= 4 is 11.8 Å². The molecule has 0 spiro atoms. The van der Waals surface area contributed by atoms with E-state index in [1.807, 2.05) is 13.1 Å². The van der Waals surface area contributed by atoms with Gasteiger partial charge in [-0.2, -0.15) is 4.98 Å². The maximum atomic E-state index is 9.36. The smallest absolute Gasteiger partial charge is 0.227 e. The highest BCUT2D eigenvalue weighted by Crippen LogP contribution is 2.28. The first kappa shape index (κ1) is 11.7. The van der Waals surface area contributed by atoms with E-state index in [1.54, 1.807) is 0 Å². The molecule has 1 atom stereocenters. The van der Waals surface area contributed by atoms with E-state index in [1.165, 1.54) is 12.8 Å². The van der Waals surface area contributed by atoms with E-state index in [0.717, 1.165) is 36.7 Å². The summed E-state index contributed by atoms with van der Waals surface area (Å²) >= 11 is 0. The fourth-order valence-electron chi connectivity index (χ4n) is 2.43. The molecule has 1 aliphatic carbocycles. The Labute approximate surface area is 107 Å². The SMILES string of the molecule is Cc1cnc(N2CCCC2CO)nc1NC1CC1. The number of rotatable bonds is 4. The van der Waals surface area contributed by atoms with Crippen LogP contribution in [-0.2, 0) is 0 Å². The molecule has 0 amide bonds. The van der Waals surface area contributed by atoms with Gasteiger partial charge in [0.1, 0.15) is 5.82 Å². The molecule has 98 valence electrons. The molecular weight excluding hydrogens is 228 g/mol. The van der Waals surface area contributed by atoms with Gasteiger partial charge >= 0.3 is 0 Å². The third-order valence-corrected chi connectivity index (χ3v) is 3.72. The van der Waals surface area contributed by atoms with Gasteiger partial charge in [-0.05, 0) is 32.6 Å². The maximum absolute atomic E-state index is 9.36. The van der Waals surface area contributed by atoms with Gasteiger partial charge in [-0.25, -0.2) is 4.98 Å². The summed E-state index contributed by atoms with van der Waals surface area (Å²) in [6.07, 6.45) is 6.48. The second kappa shape index (κ2) is 4.72. The average Bonchev–Trinajstić information content (AvgIpc) is 3.06. The molecule has 0 aromatic carbocycles. The monoisotopic (exact) mass is 248 g/mol. The Kier molecular flexibility index (Phi) is 3.07. The van der Waals surface area contributed by atoms with Crippen molar-refractivity contribution in [2.45, 2.75) is 44.7 Å². The van der Waals surface area contributed by atoms with Crippen molar-refractivity contribution in [2.24, 2.45) is 0 Å². The van der Waals surface area contributed by atoms with Gasteiger partial charge in [0.15, 0.2) is 0 Å². The van der Waals surface area contributed by atoms with Crippen LogP contribution < -0.4 is 10.2 Å². The zero-order valence-electron chi connectivity index (χ0n) is 10.8. The molecule has 2 fully saturated rings. The first-order valence-electron chi connectivity index (χ1n) is 6.75. The van der Waals surface area contributed by atoms with Gasteiger partial charge in [0.25, 0.3) is 0 Å². The summed E-state index contributed by atoms with van der Waals surface area (Å²) < 4.78 is 0. The molecule has 0 radical (unpaired) electrons. The van der Waals surface area contributed by atoms with E-state index >= 15 is 0 Å². The van der Waals surface area contributed by atoms with Crippen LogP contribution in [0.15, 0.2) is 6.20 Å². The van der Waals surface area contributed by atoms with Crippen LogP contribution in [-0.4, -0.2) is 40.3 Å². The highest BCUT2D eigenvalue weighted by Gasteiger charge is 2.27. The fourth-order valence-corrected chi connectivity index (χ4v) is 2.43. The topological polar surface area (TPSA) is 61.3 Å². The van der Waals surface area contributed by atoms with E-state index in [-0.39, 0.29) is 12.6 Å². The quantitative estimate of drug-likeness (QED) is 0.841. The number of nitrogens with one attached hydrogen (secondary N) is 1. The standard InChI is InChI=1S/C13H20N4O/c1-9-7-14-13(16-12(9)15-10-4-5-10)17-6-2-3-11(17)8-18/h7,10-11,18H,2-6,8H2,1H3,(H,14,15,16). The van der Waals surface area contributed by atoms with Gasteiger partial charge in [0.05, 0.1) is 12.6 Å². The number of hydrogen-bond donors (Lipinski definition) is 2. The Bertz CT molecular complexity index is 433. The minimum absolute atomic E-state index is 0.182. The summed E-state index contributed by atoms with van der Waals surface area (Å²) in [4.78, 5) is 11.2. The van der Waals surface area contributed by atoms with Crippen LogP contribution in [0.4, 0.5) is 11.8 Å². The molecular formula is C13H20N4O. The van der Waals surface area contributed by atoms with Gasteiger partial charge in [0, 0.05) is 24.3 Å². The number of nitrogens with zero attached hydrogens (tertiary/aromatic N) is 3. The Morgan fingerprint density at radius 1 is 1.44 bits per heavy atom. The van der Waals surface area contributed by atoms with Crippen LogP contribution in [0.3, 0.4) is 0 Å². The van der Waals surface area contributed by atoms with Crippen molar-refractivity contribution in [1.82, 2.24) is 9.97 Å². The molecule has 5 heteroatoms. The van der Waals surface area contributed by atoms with Crippen molar-refractivity contribution in [3.8, 4) is 0 Å². The Morgan fingerprint density at radius 2 is 2.28 bits per heavy atom. The van der Waals surface area contributed by atoms with E-state index in [2.05, 4.69) is 20.2 Å². The molecule has 2 N–H and O–H groups in total. The second-order valence-corrected chi connectivity index (χ2v) is 5.29. The number of hydrogen-bond acceptors (Lipinski definition) is 5. The van der Waals surface area contributed by atoms with E-state index in [9.17, 15) is 5.11 Å². The van der Waals surface area contributed by atoms with E-state index < -0.39 is 0 Å². The van der Waals surface area contributed by atoms with E-state index in [0.29, 0.717) is 6.04 Å².